The van der Waals surface area contributed by atoms with E-state index < -0.39 is 5.91 Å². The molecule has 1 saturated heterocycles. The number of nitrogens with zero attached hydrogens (tertiary/aromatic N) is 4. The number of carbonyl (C=O) groups excluding carboxylic acids is 1. The number of hydrogen-bond donors (Lipinski definition) is 1. The number of fused-ring (bicyclic) bond motifs is 4. The van der Waals surface area contributed by atoms with Crippen molar-refractivity contribution in [1.29, 1.82) is 0 Å². The number of anilines is 1. The van der Waals surface area contributed by atoms with E-state index in [1.165, 1.54) is 6.20 Å². The maximum atomic E-state index is 14.2. The van der Waals surface area contributed by atoms with Crippen LogP contribution in [0.1, 0.15) is 34.1 Å². The maximum Gasteiger partial charge on any atom is 0.263 e. The molecule has 5 rings (SSSR count). The Morgan fingerprint density at radius 2 is 2.03 bits per heavy atom. The number of halogens is 1. The molecular formula is C23H22FN5O2. The Morgan fingerprint density at radius 3 is 2.84 bits per heavy atom. The molecule has 0 saturated carbocycles. The molecule has 31 heavy (non-hydrogen) atoms. The highest BCUT2D eigenvalue weighted by atomic mass is 19.1. The van der Waals surface area contributed by atoms with Crippen LogP contribution in [0.5, 0.6) is 0 Å². The van der Waals surface area contributed by atoms with Crippen LogP contribution in [0.25, 0.3) is 0 Å². The molecule has 0 radical (unpaired) electrons. The van der Waals surface area contributed by atoms with Crippen LogP contribution in [-0.4, -0.2) is 33.5 Å². The smallest absolute Gasteiger partial charge is 0.263 e. The Labute approximate surface area is 178 Å². The Bertz CT molecular complexity index is 1180. The fraction of sp³-hybridized carbons (Fsp3) is 0.304. The third kappa shape index (κ3) is 3.69. The van der Waals surface area contributed by atoms with E-state index >= 15 is 0 Å². The normalized spacial score (nSPS) is 19.6. The first-order valence-corrected chi connectivity index (χ1v) is 10.4. The number of amides is 1. The molecule has 3 aromatic heterocycles. The van der Waals surface area contributed by atoms with Gasteiger partial charge in [0.05, 0.1) is 24.1 Å². The van der Waals surface area contributed by atoms with Crippen molar-refractivity contribution in [3.05, 3.63) is 88.1 Å². The Kier molecular flexibility index (Phi) is 4.97. The fourth-order valence-corrected chi connectivity index (χ4v) is 4.71. The molecule has 0 aromatic carbocycles. The lowest BCUT2D eigenvalue weighted by Crippen LogP contribution is -2.48. The third-order valence-corrected chi connectivity index (χ3v) is 6.10. The zero-order valence-electron chi connectivity index (χ0n) is 16.9. The standard InChI is InChI=1S/C23H22FN5O2/c24-19-11-25-8-6-21(19)28-12-15-9-16(14-28)20-5-4-18(23(31)29(20)13-15)22(30)27-10-17-3-1-2-7-26-17/h1-8,11,15-16H,9-10,12-14H2,(H,27,30)/t15-,16+/m0/s1. The van der Waals surface area contributed by atoms with E-state index in [9.17, 15) is 14.0 Å². The summed E-state index contributed by atoms with van der Waals surface area (Å²) in [7, 11) is 0. The molecule has 0 spiro atoms. The minimum atomic E-state index is -0.401. The average molecular weight is 419 g/mol. The molecule has 158 valence electrons. The molecule has 5 heterocycles. The van der Waals surface area contributed by atoms with Gasteiger partial charge in [-0.05, 0) is 42.7 Å². The topological polar surface area (TPSA) is 80.1 Å². The van der Waals surface area contributed by atoms with Crippen molar-refractivity contribution in [2.45, 2.75) is 25.4 Å². The van der Waals surface area contributed by atoms with Gasteiger partial charge in [0.2, 0.25) is 0 Å². The Hall–Kier alpha value is -3.55. The van der Waals surface area contributed by atoms with Crippen LogP contribution in [0.15, 0.2) is 59.8 Å². The van der Waals surface area contributed by atoms with Gasteiger partial charge in [-0.2, -0.15) is 0 Å². The fourth-order valence-electron chi connectivity index (χ4n) is 4.71. The SMILES string of the molecule is O=C(NCc1ccccn1)c1ccc2n(c1=O)C[C@H]1C[C@@H]2CN(c2ccncc2F)C1. The summed E-state index contributed by atoms with van der Waals surface area (Å²) in [6.45, 7) is 2.08. The molecule has 1 amide bonds. The first-order valence-electron chi connectivity index (χ1n) is 10.4. The number of aromatic nitrogens is 3. The van der Waals surface area contributed by atoms with Crippen molar-refractivity contribution in [3.63, 3.8) is 0 Å². The summed E-state index contributed by atoms with van der Waals surface area (Å²) in [4.78, 5) is 35.8. The number of pyridine rings is 3. The quantitative estimate of drug-likeness (QED) is 0.702. The predicted octanol–water partition coefficient (Wildman–Crippen LogP) is 2.33. The summed E-state index contributed by atoms with van der Waals surface area (Å²) in [5, 5.41) is 2.78. The van der Waals surface area contributed by atoms with E-state index in [-0.39, 0.29) is 35.3 Å². The lowest BCUT2D eigenvalue weighted by atomic mass is 9.82. The summed E-state index contributed by atoms with van der Waals surface area (Å²) < 4.78 is 16.0. The second-order valence-corrected chi connectivity index (χ2v) is 8.12. The van der Waals surface area contributed by atoms with E-state index in [1.54, 1.807) is 29.1 Å². The number of nitrogens with one attached hydrogen (secondary N) is 1. The molecule has 0 unspecified atom stereocenters. The minimum Gasteiger partial charge on any atom is -0.368 e. The highest BCUT2D eigenvalue weighted by molar-refractivity contribution is 5.93. The van der Waals surface area contributed by atoms with Crippen molar-refractivity contribution in [1.82, 2.24) is 19.9 Å². The van der Waals surface area contributed by atoms with Gasteiger partial charge in [0, 0.05) is 43.6 Å². The lowest BCUT2D eigenvalue weighted by molar-refractivity contribution is 0.0947. The molecule has 2 atom stereocenters. The molecule has 2 bridgehead atoms. The van der Waals surface area contributed by atoms with Crippen molar-refractivity contribution in [2.24, 2.45) is 5.92 Å². The van der Waals surface area contributed by atoms with Gasteiger partial charge >= 0.3 is 0 Å². The van der Waals surface area contributed by atoms with Gasteiger partial charge in [-0.3, -0.25) is 19.6 Å². The van der Waals surface area contributed by atoms with Crippen LogP contribution in [0.3, 0.4) is 0 Å². The van der Waals surface area contributed by atoms with E-state index in [0.717, 1.165) is 17.8 Å². The number of piperidine rings is 1. The summed E-state index contributed by atoms with van der Waals surface area (Å²) in [6.07, 6.45) is 5.44. The average Bonchev–Trinajstić information content (AvgIpc) is 2.79. The molecule has 2 aliphatic rings. The van der Waals surface area contributed by atoms with Crippen LogP contribution < -0.4 is 15.8 Å². The van der Waals surface area contributed by atoms with Gasteiger partial charge in [-0.15, -0.1) is 0 Å². The van der Waals surface area contributed by atoms with Crippen LogP contribution in [0.2, 0.25) is 0 Å². The molecule has 1 fully saturated rings. The highest BCUT2D eigenvalue weighted by Gasteiger charge is 2.36. The van der Waals surface area contributed by atoms with Gasteiger partial charge in [-0.25, -0.2) is 4.39 Å². The number of carbonyl (C=O) groups is 1. The van der Waals surface area contributed by atoms with Gasteiger partial charge in [0.25, 0.3) is 11.5 Å². The number of rotatable bonds is 4. The summed E-state index contributed by atoms with van der Waals surface area (Å²) in [6, 6.07) is 10.6. The van der Waals surface area contributed by atoms with E-state index in [0.29, 0.717) is 25.3 Å². The van der Waals surface area contributed by atoms with Crippen LogP contribution in [0.4, 0.5) is 10.1 Å². The van der Waals surface area contributed by atoms with Gasteiger partial charge in [-0.1, -0.05) is 6.07 Å². The van der Waals surface area contributed by atoms with Crippen molar-refractivity contribution in [2.75, 3.05) is 18.0 Å². The van der Waals surface area contributed by atoms with Gasteiger partial charge < -0.3 is 14.8 Å². The monoisotopic (exact) mass is 419 g/mol. The van der Waals surface area contributed by atoms with E-state index in [2.05, 4.69) is 15.3 Å². The summed E-state index contributed by atoms with van der Waals surface area (Å²) in [5.41, 5.74) is 2.05. The van der Waals surface area contributed by atoms with Gasteiger partial charge in [0.15, 0.2) is 5.82 Å². The zero-order chi connectivity index (χ0) is 21.4. The third-order valence-electron chi connectivity index (χ3n) is 6.10. The molecular weight excluding hydrogens is 397 g/mol. The Morgan fingerprint density at radius 1 is 1.13 bits per heavy atom. The van der Waals surface area contributed by atoms with E-state index in [1.807, 2.05) is 29.2 Å². The van der Waals surface area contributed by atoms with Crippen LogP contribution >= 0.6 is 0 Å². The second kappa shape index (κ2) is 7.94. The summed E-state index contributed by atoms with van der Waals surface area (Å²) >= 11 is 0. The minimum absolute atomic E-state index is 0.110. The van der Waals surface area contributed by atoms with Crippen molar-refractivity contribution < 1.29 is 9.18 Å². The molecule has 0 aliphatic carbocycles. The van der Waals surface area contributed by atoms with E-state index in [4.69, 9.17) is 0 Å². The van der Waals surface area contributed by atoms with Crippen LogP contribution in [-0.2, 0) is 13.1 Å². The second-order valence-electron chi connectivity index (χ2n) is 8.12. The molecule has 7 nitrogen and oxygen atoms in total. The molecule has 8 heteroatoms. The van der Waals surface area contributed by atoms with Crippen molar-refractivity contribution >= 4 is 11.6 Å². The lowest BCUT2D eigenvalue weighted by Gasteiger charge is -2.43. The number of hydrogen-bond acceptors (Lipinski definition) is 5. The van der Waals surface area contributed by atoms with Crippen molar-refractivity contribution in [3.8, 4) is 0 Å². The maximum absolute atomic E-state index is 14.2. The largest absolute Gasteiger partial charge is 0.368 e. The Balaban J connectivity index is 1.37. The molecule has 2 aliphatic heterocycles. The predicted molar refractivity (Wildman–Crippen MR) is 113 cm³/mol. The molecule has 3 aromatic rings. The first-order chi connectivity index (χ1) is 15.1. The first kappa shape index (κ1) is 19.4. The highest BCUT2D eigenvalue weighted by Crippen LogP contribution is 2.37. The summed E-state index contributed by atoms with van der Waals surface area (Å²) in [5.74, 6) is -0.413. The van der Waals surface area contributed by atoms with Gasteiger partial charge in [0.1, 0.15) is 5.56 Å². The van der Waals surface area contributed by atoms with Crippen LogP contribution in [0, 0.1) is 11.7 Å². The zero-order valence-corrected chi connectivity index (χ0v) is 16.9. The molecule has 1 N–H and O–H groups in total.